The Bertz CT molecular complexity index is 753. The summed E-state index contributed by atoms with van der Waals surface area (Å²) in [4.78, 5) is 14.9. The second kappa shape index (κ2) is 7.63. The van der Waals surface area contributed by atoms with Gasteiger partial charge in [-0.2, -0.15) is 0 Å². The Morgan fingerprint density at radius 3 is 2.12 bits per heavy atom. The van der Waals surface area contributed by atoms with E-state index in [0.29, 0.717) is 0 Å². The van der Waals surface area contributed by atoms with Crippen LogP contribution in [-0.4, -0.2) is 34.5 Å². The van der Waals surface area contributed by atoms with Crippen molar-refractivity contribution in [1.82, 2.24) is 9.47 Å². The van der Waals surface area contributed by atoms with Crippen molar-refractivity contribution in [3.63, 3.8) is 0 Å². The normalized spacial score (nSPS) is 15.2. The van der Waals surface area contributed by atoms with Crippen LogP contribution in [0.5, 0.6) is 0 Å². The summed E-state index contributed by atoms with van der Waals surface area (Å²) >= 11 is 0. The van der Waals surface area contributed by atoms with Crippen LogP contribution in [0.3, 0.4) is 0 Å². The lowest BCUT2D eigenvalue weighted by molar-refractivity contribution is 0.0714. The Morgan fingerprint density at radius 1 is 1.00 bits per heavy atom. The number of nitrogens with zero attached hydrogens (tertiary/aromatic N) is 2. The lowest BCUT2D eigenvalue weighted by Gasteiger charge is -2.30. The number of nitrogens with two attached hydrogens (primary N) is 1. The molecule has 0 saturated carbocycles. The molecule has 5 heteroatoms. The molecule has 0 bridgehead atoms. The average Bonchev–Trinajstić information content (AvgIpc) is 2.81. The van der Waals surface area contributed by atoms with Crippen LogP contribution in [0.25, 0.3) is 5.69 Å². The van der Waals surface area contributed by atoms with Crippen molar-refractivity contribution in [3.8, 4) is 5.69 Å². The monoisotopic (exact) mass is 361 g/mol. The fourth-order valence-electron chi connectivity index (χ4n) is 3.73. The first-order valence-electron chi connectivity index (χ1n) is 8.69. The van der Waals surface area contributed by atoms with Crippen LogP contribution in [0, 0.1) is 27.7 Å². The number of aromatic nitrogens is 1. The molecule has 1 amide bonds. The van der Waals surface area contributed by atoms with Gasteiger partial charge in [0.25, 0.3) is 5.91 Å². The van der Waals surface area contributed by atoms with E-state index in [1.165, 1.54) is 11.1 Å². The Hall–Kier alpha value is -1.78. The van der Waals surface area contributed by atoms with Gasteiger partial charge in [-0.1, -0.05) is 6.07 Å². The van der Waals surface area contributed by atoms with Crippen molar-refractivity contribution < 1.29 is 4.79 Å². The molecule has 25 heavy (non-hydrogen) atoms. The van der Waals surface area contributed by atoms with E-state index in [1.807, 2.05) is 17.9 Å². The van der Waals surface area contributed by atoms with E-state index in [0.717, 1.165) is 48.6 Å². The summed E-state index contributed by atoms with van der Waals surface area (Å²) in [5.41, 5.74) is 12.5. The second-order valence-corrected chi connectivity index (χ2v) is 7.10. The molecule has 0 aliphatic carbocycles. The lowest BCUT2D eigenvalue weighted by atomic mass is 10.0. The number of halogens is 1. The molecule has 0 unspecified atom stereocenters. The number of hydrogen-bond donors (Lipinski definition) is 1. The molecule has 0 spiro atoms. The zero-order valence-electron chi connectivity index (χ0n) is 15.5. The number of piperidine rings is 1. The van der Waals surface area contributed by atoms with Crippen molar-refractivity contribution in [2.75, 3.05) is 13.1 Å². The van der Waals surface area contributed by atoms with Crippen LogP contribution >= 0.6 is 12.4 Å². The third kappa shape index (κ3) is 3.91. The number of hydrogen-bond acceptors (Lipinski definition) is 2. The molecule has 4 nitrogen and oxygen atoms in total. The molecule has 1 saturated heterocycles. The van der Waals surface area contributed by atoms with Crippen LogP contribution in [0.2, 0.25) is 0 Å². The van der Waals surface area contributed by atoms with Crippen LogP contribution < -0.4 is 5.73 Å². The highest BCUT2D eigenvalue weighted by atomic mass is 35.5. The topological polar surface area (TPSA) is 51.3 Å². The molecule has 0 radical (unpaired) electrons. The number of carbonyl (C=O) groups excluding carboxylic acids is 1. The maximum atomic E-state index is 12.9. The minimum atomic E-state index is 0. The summed E-state index contributed by atoms with van der Waals surface area (Å²) in [6.45, 7) is 9.82. The van der Waals surface area contributed by atoms with Crippen molar-refractivity contribution >= 4 is 18.3 Å². The van der Waals surface area contributed by atoms with Gasteiger partial charge in [0, 0.05) is 36.2 Å². The summed E-state index contributed by atoms with van der Waals surface area (Å²) in [5, 5.41) is 0. The summed E-state index contributed by atoms with van der Waals surface area (Å²) in [6.07, 6.45) is 1.78. The summed E-state index contributed by atoms with van der Waals surface area (Å²) in [5.74, 6) is 0.130. The third-order valence-electron chi connectivity index (χ3n) is 4.95. The molecule has 2 heterocycles. The highest BCUT2D eigenvalue weighted by Crippen LogP contribution is 2.24. The molecule has 2 aromatic rings. The lowest BCUT2D eigenvalue weighted by Crippen LogP contribution is -2.42. The van der Waals surface area contributed by atoms with Crippen LogP contribution in [0.4, 0.5) is 0 Å². The Labute approximate surface area is 156 Å². The quantitative estimate of drug-likeness (QED) is 0.886. The van der Waals surface area contributed by atoms with Gasteiger partial charge in [-0.3, -0.25) is 4.79 Å². The largest absolute Gasteiger partial charge is 0.338 e. The Morgan fingerprint density at radius 2 is 1.56 bits per heavy atom. The van der Waals surface area contributed by atoms with Gasteiger partial charge in [0.05, 0.1) is 5.56 Å². The molecular formula is C20H28ClN3O. The van der Waals surface area contributed by atoms with Crippen LogP contribution in [0.15, 0.2) is 24.3 Å². The summed E-state index contributed by atoms with van der Waals surface area (Å²) < 4.78 is 2.18. The van der Waals surface area contributed by atoms with Gasteiger partial charge in [0.1, 0.15) is 0 Å². The van der Waals surface area contributed by atoms with Gasteiger partial charge >= 0.3 is 0 Å². The van der Waals surface area contributed by atoms with Crippen molar-refractivity contribution in [2.45, 2.75) is 46.6 Å². The number of amides is 1. The molecule has 2 N–H and O–H groups in total. The van der Waals surface area contributed by atoms with E-state index in [4.69, 9.17) is 5.73 Å². The molecule has 136 valence electrons. The molecule has 1 fully saturated rings. The molecule has 0 atom stereocenters. The van der Waals surface area contributed by atoms with Gasteiger partial charge in [0.2, 0.25) is 0 Å². The number of likely N-dealkylation sites (tertiary alicyclic amines) is 1. The van der Waals surface area contributed by atoms with Gasteiger partial charge in [-0.25, -0.2) is 0 Å². The maximum absolute atomic E-state index is 12.9. The molecular weight excluding hydrogens is 334 g/mol. The molecule has 1 aromatic carbocycles. The molecule has 3 rings (SSSR count). The third-order valence-corrected chi connectivity index (χ3v) is 4.95. The summed E-state index contributed by atoms with van der Waals surface area (Å²) in [7, 11) is 0. The van der Waals surface area contributed by atoms with E-state index >= 15 is 0 Å². The predicted octanol–water partition coefficient (Wildman–Crippen LogP) is 3.70. The second-order valence-electron chi connectivity index (χ2n) is 7.10. The molecule has 1 aliphatic rings. The predicted molar refractivity (Wildman–Crippen MR) is 105 cm³/mol. The fraction of sp³-hybridized carbons (Fsp3) is 0.450. The van der Waals surface area contributed by atoms with Crippen molar-refractivity contribution in [1.29, 1.82) is 0 Å². The number of aryl methyl sites for hydroxylation is 3. The highest BCUT2D eigenvalue weighted by Gasteiger charge is 2.25. The Balaban J connectivity index is 0.00000225. The first-order chi connectivity index (χ1) is 11.4. The van der Waals surface area contributed by atoms with E-state index in [-0.39, 0.29) is 24.4 Å². The van der Waals surface area contributed by atoms with Crippen molar-refractivity contribution in [2.24, 2.45) is 5.73 Å². The smallest absolute Gasteiger partial charge is 0.255 e. The zero-order chi connectivity index (χ0) is 17.4. The van der Waals surface area contributed by atoms with Crippen LogP contribution in [0.1, 0.15) is 45.7 Å². The number of rotatable bonds is 2. The van der Waals surface area contributed by atoms with Crippen molar-refractivity contribution in [3.05, 3.63) is 52.3 Å². The SMILES string of the molecule is Cc1cc(C)cc(-n2c(C)cc(C(=O)N3CCC(N)CC3)c2C)c1.Cl. The van der Waals surface area contributed by atoms with E-state index in [1.54, 1.807) is 0 Å². The molecule has 1 aliphatic heterocycles. The standard InChI is InChI=1S/C20H27N3O.ClH/c1-13-9-14(2)11-18(10-13)23-15(3)12-19(16(23)4)20(24)22-7-5-17(21)6-8-22;/h9-12,17H,5-8,21H2,1-4H3;1H. The van der Waals surface area contributed by atoms with Gasteiger partial charge in [-0.05, 0) is 69.9 Å². The maximum Gasteiger partial charge on any atom is 0.255 e. The van der Waals surface area contributed by atoms with E-state index in [9.17, 15) is 4.79 Å². The van der Waals surface area contributed by atoms with E-state index in [2.05, 4.69) is 43.5 Å². The molecule has 1 aromatic heterocycles. The average molecular weight is 362 g/mol. The van der Waals surface area contributed by atoms with E-state index < -0.39 is 0 Å². The first-order valence-corrected chi connectivity index (χ1v) is 8.69. The van der Waals surface area contributed by atoms with Gasteiger partial charge < -0.3 is 15.2 Å². The van der Waals surface area contributed by atoms with Gasteiger partial charge in [-0.15, -0.1) is 12.4 Å². The van der Waals surface area contributed by atoms with Crippen LogP contribution in [-0.2, 0) is 0 Å². The zero-order valence-corrected chi connectivity index (χ0v) is 16.3. The first kappa shape index (κ1) is 19.5. The Kier molecular flexibility index (Phi) is 5.96. The number of benzene rings is 1. The summed E-state index contributed by atoms with van der Waals surface area (Å²) in [6, 6.07) is 8.75. The fourth-order valence-corrected chi connectivity index (χ4v) is 3.73. The van der Waals surface area contributed by atoms with Gasteiger partial charge in [0.15, 0.2) is 0 Å². The minimum Gasteiger partial charge on any atom is -0.338 e. The minimum absolute atomic E-state index is 0. The number of carbonyl (C=O) groups is 1. The highest BCUT2D eigenvalue weighted by molar-refractivity contribution is 5.96.